The average Bonchev–Trinajstić information content (AvgIpc) is 2.41. The number of rotatable bonds is 4. The number of benzene rings is 1. The molecule has 100 valence electrons. The van der Waals surface area contributed by atoms with Crippen molar-refractivity contribution in [3.05, 3.63) is 56.7 Å². The Morgan fingerprint density at radius 1 is 1.42 bits per heavy atom. The van der Waals surface area contributed by atoms with Crippen LogP contribution in [-0.4, -0.2) is 16.3 Å². The Kier molecular flexibility index (Phi) is 4.31. The van der Waals surface area contributed by atoms with Crippen molar-refractivity contribution in [2.24, 2.45) is 7.05 Å². The monoisotopic (exact) mass is 325 g/mol. The van der Waals surface area contributed by atoms with Crippen LogP contribution in [0.4, 0.5) is 10.1 Å². The third-order valence-electron chi connectivity index (χ3n) is 2.75. The molecular weight excluding hydrogens is 313 g/mol. The maximum atomic E-state index is 13.4. The quantitative estimate of drug-likeness (QED) is 0.938. The second kappa shape index (κ2) is 5.97. The van der Waals surface area contributed by atoms with Crippen LogP contribution in [0.3, 0.4) is 0 Å². The summed E-state index contributed by atoms with van der Waals surface area (Å²) < 4.78 is 15.1. The lowest BCUT2D eigenvalue weighted by molar-refractivity contribution is 0.610. The first kappa shape index (κ1) is 13.7. The molecule has 0 radical (unpaired) electrons. The molecule has 4 nitrogen and oxygen atoms in total. The minimum atomic E-state index is -0.217. The highest BCUT2D eigenvalue weighted by Crippen LogP contribution is 2.16. The molecule has 1 heterocycles. The summed E-state index contributed by atoms with van der Waals surface area (Å²) in [6.45, 7) is 0.522. The van der Waals surface area contributed by atoms with Gasteiger partial charge in [0, 0.05) is 13.6 Å². The Balaban J connectivity index is 2.03. The number of nitrogens with one attached hydrogen (secondary N) is 1. The Hall–Kier alpha value is -1.69. The zero-order valence-corrected chi connectivity index (χ0v) is 11.9. The average molecular weight is 326 g/mol. The molecule has 6 heteroatoms. The van der Waals surface area contributed by atoms with E-state index >= 15 is 0 Å². The largest absolute Gasteiger partial charge is 0.382 e. The molecule has 0 spiro atoms. The van der Waals surface area contributed by atoms with E-state index in [1.165, 1.54) is 10.7 Å². The molecule has 0 atom stereocenters. The predicted molar refractivity (Wildman–Crippen MR) is 75.8 cm³/mol. The minimum Gasteiger partial charge on any atom is -0.382 e. The summed E-state index contributed by atoms with van der Waals surface area (Å²) in [6, 6.07) is 6.64. The van der Waals surface area contributed by atoms with Gasteiger partial charge in [0.25, 0.3) is 5.56 Å². The molecule has 2 rings (SSSR count). The molecule has 0 saturated heterocycles. The van der Waals surface area contributed by atoms with E-state index in [9.17, 15) is 9.18 Å². The molecule has 0 fully saturated rings. The van der Waals surface area contributed by atoms with Gasteiger partial charge in [0.2, 0.25) is 0 Å². The normalized spacial score (nSPS) is 10.5. The lowest BCUT2D eigenvalue weighted by atomic mass is 10.1. The second-order valence-electron chi connectivity index (χ2n) is 4.07. The highest BCUT2D eigenvalue weighted by molar-refractivity contribution is 9.10. The molecule has 1 aromatic heterocycles. The van der Waals surface area contributed by atoms with Crippen molar-refractivity contribution in [1.82, 2.24) is 9.78 Å². The van der Waals surface area contributed by atoms with E-state index in [1.54, 1.807) is 31.4 Å². The standard InChI is InChI=1S/C13H13BrFN3O/c1-18-13(19)12(14)11(8-17-18)16-7-6-9-4-2-3-5-10(9)15/h2-5,8,16H,6-7H2,1H3. The first-order chi connectivity index (χ1) is 9.09. The lowest BCUT2D eigenvalue weighted by Crippen LogP contribution is -2.21. The van der Waals surface area contributed by atoms with Crippen LogP contribution >= 0.6 is 15.9 Å². The number of aryl methyl sites for hydroxylation is 1. The van der Waals surface area contributed by atoms with Crippen molar-refractivity contribution in [3.8, 4) is 0 Å². The van der Waals surface area contributed by atoms with Gasteiger partial charge in [0.15, 0.2) is 0 Å². The molecule has 1 N–H and O–H groups in total. The van der Waals surface area contributed by atoms with Gasteiger partial charge in [-0.05, 0) is 34.0 Å². The number of anilines is 1. The molecule has 1 aromatic carbocycles. The Labute approximate surface area is 118 Å². The van der Waals surface area contributed by atoms with Gasteiger partial charge in [-0.2, -0.15) is 5.10 Å². The zero-order chi connectivity index (χ0) is 13.8. The van der Waals surface area contributed by atoms with Crippen molar-refractivity contribution < 1.29 is 4.39 Å². The zero-order valence-electron chi connectivity index (χ0n) is 10.4. The van der Waals surface area contributed by atoms with Gasteiger partial charge in [-0.3, -0.25) is 4.79 Å². The fourth-order valence-electron chi connectivity index (χ4n) is 1.67. The van der Waals surface area contributed by atoms with Gasteiger partial charge < -0.3 is 5.32 Å². The van der Waals surface area contributed by atoms with Gasteiger partial charge in [0.05, 0.1) is 11.9 Å². The maximum Gasteiger partial charge on any atom is 0.282 e. The van der Waals surface area contributed by atoms with E-state index in [0.29, 0.717) is 28.7 Å². The minimum absolute atomic E-state index is 0.212. The predicted octanol–water partition coefficient (Wildman–Crippen LogP) is 2.34. The SMILES string of the molecule is Cn1ncc(NCCc2ccccc2F)c(Br)c1=O. The Bertz CT molecular complexity index is 642. The third-order valence-corrected chi connectivity index (χ3v) is 3.51. The number of aromatic nitrogens is 2. The summed E-state index contributed by atoms with van der Waals surface area (Å²) in [5.41, 5.74) is 1.04. The summed E-state index contributed by atoms with van der Waals surface area (Å²) in [4.78, 5) is 11.6. The van der Waals surface area contributed by atoms with Crippen LogP contribution in [0.2, 0.25) is 0 Å². The number of hydrogen-bond donors (Lipinski definition) is 1. The van der Waals surface area contributed by atoms with Crippen LogP contribution in [0.1, 0.15) is 5.56 Å². The van der Waals surface area contributed by atoms with Crippen molar-refractivity contribution in [1.29, 1.82) is 0 Å². The third kappa shape index (κ3) is 3.20. The van der Waals surface area contributed by atoms with Crippen molar-refractivity contribution in [2.75, 3.05) is 11.9 Å². The summed E-state index contributed by atoms with van der Waals surface area (Å²) in [7, 11) is 1.58. The van der Waals surface area contributed by atoms with Crippen LogP contribution in [0, 0.1) is 5.82 Å². The summed E-state index contributed by atoms with van der Waals surface area (Å²) in [5, 5.41) is 6.99. The molecule has 0 aliphatic heterocycles. The van der Waals surface area contributed by atoms with Gasteiger partial charge in [0.1, 0.15) is 10.3 Å². The van der Waals surface area contributed by atoms with E-state index in [4.69, 9.17) is 0 Å². The molecule has 0 bridgehead atoms. The number of halogens is 2. The fourth-order valence-corrected chi connectivity index (χ4v) is 2.17. The summed E-state index contributed by atoms with van der Waals surface area (Å²) in [6.07, 6.45) is 2.10. The first-order valence-electron chi connectivity index (χ1n) is 5.78. The molecule has 0 aliphatic rings. The van der Waals surface area contributed by atoms with Crippen molar-refractivity contribution in [3.63, 3.8) is 0 Å². The highest BCUT2D eigenvalue weighted by atomic mass is 79.9. The van der Waals surface area contributed by atoms with Crippen LogP contribution in [-0.2, 0) is 13.5 Å². The Morgan fingerprint density at radius 2 is 2.16 bits per heavy atom. The van der Waals surface area contributed by atoms with E-state index in [1.807, 2.05) is 0 Å². The van der Waals surface area contributed by atoms with Crippen molar-refractivity contribution >= 4 is 21.6 Å². The smallest absolute Gasteiger partial charge is 0.282 e. The topological polar surface area (TPSA) is 46.9 Å². The highest BCUT2D eigenvalue weighted by Gasteiger charge is 2.06. The van der Waals surface area contributed by atoms with Crippen LogP contribution in [0.25, 0.3) is 0 Å². The number of nitrogens with zero attached hydrogens (tertiary/aromatic N) is 2. The molecule has 0 aliphatic carbocycles. The van der Waals surface area contributed by atoms with Gasteiger partial charge in [-0.25, -0.2) is 9.07 Å². The lowest BCUT2D eigenvalue weighted by Gasteiger charge is -2.09. The van der Waals surface area contributed by atoms with E-state index in [-0.39, 0.29) is 11.4 Å². The molecule has 2 aromatic rings. The molecule has 0 unspecified atom stereocenters. The van der Waals surface area contributed by atoms with E-state index in [2.05, 4.69) is 26.3 Å². The first-order valence-corrected chi connectivity index (χ1v) is 6.58. The van der Waals surface area contributed by atoms with E-state index in [0.717, 1.165) is 0 Å². The molecular formula is C13H13BrFN3O. The van der Waals surface area contributed by atoms with E-state index < -0.39 is 0 Å². The summed E-state index contributed by atoms with van der Waals surface area (Å²) >= 11 is 3.22. The number of hydrogen-bond acceptors (Lipinski definition) is 3. The van der Waals surface area contributed by atoms with Gasteiger partial charge >= 0.3 is 0 Å². The van der Waals surface area contributed by atoms with Crippen molar-refractivity contribution in [2.45, 2.75) is 6.42 Å². The molecule has 19 heavy (non-hydrogen) atoms. The van der Waals surface area contributed by atoms with Gasteiger partial charge in [-0.1, -0.05) is 18.2 Å². The molecule has 0 saturated carbocycles. The fraction of sp³-hybridized carbons (Fsp3) is 0.231. The van der Waals surface area contributed by atoms with Crippen LogP contribution in [0.15, 0.2) is 39.7 Å². The van der Waals surface area contributed by atoms with Crippen LogP contribution < -0.4 is 10.9 Å². The Morgan fingerprint density at radius 3 is 2.89 bits per heavy atom. The van der Waals surface area contributed by atoms with Crippen LogP contribution in [0.5, 0.6) is 0 Å². The van der Waals surface area contributed by atoms with Gasteiger partial charge in [-0.15, -0.1) is 0 Å². The molecule has 0 amide bonds. The maximum absolute atomic E-state index is 13.4. The summed E-state index contributed by atoms with van der Waals surface area (Å²) in [5.74, 6) is -0.217. The second-order valence-corrected chi connectivity index (χ2v) is 4.86.